The molecular weight excluding hydrogens is 228 g/mol. The number of carbonyl (C=O) groups is 1. The van der Waals surface area contributed by atoms with E-state index in [1.54, 1.807) is 0 Å². The number of nitrogens with one attached hydrogen (secondary N) is 1. The van der Waals surface area contributed by atoms with E-state index in [9.17, 15) is 9.90 Å². The highest BCUT2D eigenvalue weighted by Crippen LogP contribution is 2.20. The Balaban J connectivity index is 1.80. The van der Waals surface area contributed by atoms with Crippen LogP contribution in [-0.2, 0) is 4.79 Å². The number of rotatable bonds is 4. The molecule has 1 heterocycles. The zero-order valence-corrected chi connectivity index (χ0v) is 11.4. The van der Waals surface area contributed by atoms with E-state index in [1.807, 2.05) is 6.92 Å². The van der Waals surface area contributed by atoms with Gasteiger partial charge in [-0.05, 0) is 39.2 Å². The minimum Gasteiger partial charge on any atom is -0.392 e. The van der Waals surface area contributed by atoms with Gasteiger partial charge < -0.3 is 10.4 Å². The summed E-state index contributed by atoms with van der Waals surface area (Å²) >= 11 is 0. The molecule has 0 unspecified atom stereocenters. The summed E-state index contributed by atoms with van der Waals surface area (Å²) in [6.45, 7) is 3.22. The highest BCUT2D eigenvalue weighted by Gasteiger charge is 2.28. The van der Waals surface area contributed by atoms with Crippen LogP contribution in [0.1, 0.15) is 51.9 Å². The second-order valence-corrected chi connectivity index (χ2v) is 5.82. The van der Waals surface area contributed by atoms with Gasteiger partial charge >= 0.3 is 0 Å². The number of piperidine rings is 1. The Labute approximate surface area is 110 Å². The van der Waals surface area contributed by atoms with Gasteiger partial charge in [0.1, 0.15) is 0 Å². The summed E-state index contributed by atoms with van der Waals surface area (Å²) in [6, 6.07) is 0.556. The Hall–Kier alpha value is -0.610. The van der Waals surface area contributed by atoms with E-state index in [0.29, 0.717) is 12.6 Å². The van der Waals surface area contributed by atoms with Crippen molar-refractivity contribution in [2.75, 3.05) is 13.1 Å². The Morgan fingerprint density at radius 2 is 1.94 bits per heavy atom. The van der Waals surface area contributed by atoms with Crippen LogP contribution in [-0.4, -0.2) is 47.2 Å². The molecule has 0 aromatic heterocycles. The van der Waals surface area contributed by atoms with Gasteiger partial charge in [-0.25, -0.2) is 0 Å². The number of hydrogen-bond acceptors (Lipinski definition) is 3. The van der Waals surface area contributed by atoms with Gasteiger partial charge in [0.05, 0.1) is 12.6 Å². The number of amides is 1. The zero-order valence-electron chi connectivity index (χ0n) is 11.4. The van der Waals surface area contributed by atoms with E-state index in [2.05, 4.69) is 10.2 Å². The van der Waals surface area contributed by atoms with E-state index < -0.39 is 0 Å². The number of likely N-dealkylation sites (tertiary alicyclic amines) is 1. The highest BCUT2D eigenvalue weighted by molar-refractivity contribution is 5.78. The van der Waals surface area contributed by atoms with Gasteiger partial charge in [0.15, 0.2) is 0 Å². The summed E-state index contributed by atoms with van der Waals surface area (Å²) in [5, 5.41) is 12.9. The van der Waals surface area contributed by atoms with Crippen LogP contribution in [0.2, 0.25) is 0 Å². The fourth-order valence-corrected chi connectivity index (χ4v) is 3.29. The molecule has 0 spiro atoms. The summed E-state index contributed by atoms with van der Waals surface area (Å²) in [5.41, 5.74) is 0. The molecule has 18 heavy (non-hydrogen) atoms. The van der Waals surface area contributed by atoms with Crippen molar-refractivity contribution in [3.8, 4) is 0 Å². The molecule has 1 amide bonds. The van der Waals surface area contributed by atoms with Crippen molar-refractivity contribution in [1.82, 2.24) is 10.2 Å². The molecule has 1 aliphatic carbocycles. The Bertz CT molecular complexity index is 275. The topological polar surface area (TPSA) is 52.6 Å². The molecule has 2 atom stereocenters. The average Bonchev–Trinajstić information content (AvgIpc) is 2.82. The number of aliphatic hydroxyl groups excluding tert-OH is 1. The Morgan fingerprint density at radius 1 is 1.28 bits per heavy atom. The average molecular weight is 254 g/mol. The molecule has 2 fully saturated rings. The third-order valence-electron chi connectivity index (χ3n) is 4.29. The molecule has 4 heteroatoms. The van der Waals surface area contributed by atoms with Crippen LogP contribution in [0, 0.1) is 0 Å². The molecular formula is C14H26N2O2. The summed E-state index contributed by atoms with van der Waals surface area (Å²) in [7, 11) is 0. The van der Waals surface area contributed by atoms with Gasteiger partial charge in [0, 0.05) is 12.1 Å². The lowest BCUT2D eigenvalue weighted by molar-refractivity contribution is -0.124. The van der Waals surface area contributed by atoms with E-state index in [1.165, 1.54) is 12.8 Å². The molecule has 2 rings (SSSR count). The maximum absolute atomic E-state index is 12.0. The van der Waals surface area contributed by atoms with Crippen LogP contribution in [0.4, 0.5) is 0 Å². The van der Waals surface area contributed by atoms with Gasteiger partial charge in [0.2, 0.25) is 5.91 Å². The maximum atomic E-state index is 12.0. The molecule has 1 aliphatic heterocycles. The van der Waals surface area contributed by atoms with Crippen LogP contribution >= 0.6 is 0 Å². The lowest BCUT2D eigenvalue weighted by Crippen LogP contribution is -2.50. The Kier molecular flexibility index (Phi) is 5.01. The molecule has 4 nitrogen and oxygen atoms in total. The fraction of sp³-hybridized carbons (Fsp3) is 0.929. The van der Waals surface area contributed by atoms with Crippen molar-refractivity contribution in [2.24, 2.45) is 0 Å². The van der Waals surface area contributed by atoms with E-state index in [-0.39, 0.29) is 18.1 Å². The van der Waals surface area contributed by atoms with Crippen molar-refractivity contribution in [1.29, 1.82) is 0 Å². The summed E-state index contributed by atoms with van der Waals surface area (Å²) in [5.74, 6) is 0.134. The Morgan fingerprint density at radius 3 is 2.61 bits per heavy atom. The standard InChI is InChI=1S/C14H26N2O2/c1-11(17)13-8-4-5-9-16(13)10-14(18)15-12-6-2-3-7-12/h11-13,17H,2-10H2,1H3,(H,15,18)/t11-,13-/m0/s1. The van der Waals surface area contributed by atoms with Crippen LogP contribution in [0.25, 0.3) is 0 Å². The lowest BCUT2D eigenvalue weighted by atomic mass is 9.98. The predicted molar refractivity (Wildman–Crippen MR) is 71.3 cm³/mol. The van der Waals surface area contributed by atoms with Crippen LogP contribution < -0.4 is 5.32 Å². The highest BCUT2D eigenvalue weighted by atomic mass is 16.3. The van der Waals surface area contributed by atoms with Gasteiger partial charge in [-0.1, -0.05) is 19.3 Å². The SMILES string of the molecule is C[C@H](O)[C@@H]1CCCCN1CC(=O)NC1CCCC1. The molecule has 0 aromatic rings. The van der Waals surface area contributed by atoms with Crippen molar-refractivity contribution >= 4 is 5.91 Å². The minimum absolute atomic E-state index is 0.134. The predicted octanol–water partition coefficient (Wildman–Crippen LogP) is 1.28. The van der Waals surface area contributed by atoms with Crippen molar-refractivity contribution in [2.45, 2.75) is 70.1 Å². The number of nitrogens with zero attached hydrogens (tertiary/aromatic N) is 1. The largest absolute Gasteiger partial charge is 0.392 e. The molecule has 1 saturated heterocycles. The zero-order chi connectivity index (χ0) is 13.0. The summed E-state index contributed by atoms with van der Waals surface area (Å²) in [4.78, 5) is 14.2. The van der Waals surface area contributed by atoms with E-state index in [0.717, 1.165) is 38.6 Å². The molecule has 0 aromatic carbocycles. The van der Waals surface area contributed by atoms with Crippen LogP contribution in [0.3, 0.4) is 0 Å². The smallest absolute Gasteiger partial charge is 0.234 e. The van der Waals surface area contributed by atoms with Gasteiger partial charge in [-0.3, -0.25) is 9.69 Å². The van der Waals surface area contributed by atoms with Crippen LogP contribution in [0.5, 0.6) is 0 Å². The number of carbonyl (C=O) groups excluding carboxylic acids is 1. The monoisotopic (exact) mass is 254 g/mol. The minimum atomic E-state index is -0.343. The maximum Gasteiger partial charge on any atom is 0.234 e. The van der Waals surface area contributed by atoms with Crippen molar-refractivity contribution < 1.29 is 9.90 Å². The third-order valence-corrected chi connectivity index (χ3v) is 4.29. The number of aliphatic hydroxyl groups is 1. The quantitative estimate of drug-likeness (QED) is 0.794. The molecule has 1 saturated carbocycles. The van der Waals surface area contributed by atoms with Gasteiger partial charge in [-0.15, -0.1) is 0 Å². The van der Waals surface area contributed by atoms with Crippen molar-refractivity contribution in [3.05, 3.63) is 0 Å². The summed E-state index contributed by atoms with van der Waals surface area (Å²) < 4.78 is 0. The molecule has 104 valence electrons. The van der Waals surface area contributed by atoms with E-state index in [4.69, 9.17) is 0 Å². The molecule has 0 bridgehead atoms. The first-order chi connectivity index (χ1) is 8.66. The van der Waals surface area contributed by atoms with E-state index >= 15 is 0 Å². The van der Waals surface area contributed by atoms with Gasteiger partial charge in [-0.2, -0.15) is 0 Å². The first-order valence-electron chi connectivity index (χ1n) is 7.38. The number of hydrogen-bond donors (Lipinski definition) is 2. The van der Waals surface area contributed by atoms with Crippen molar-refractivity contribution in [3.63, 3.8) is 0 Å². The first-order valence-corrected chi connectivity index (χ1v) is 7.38. The lowest BCUT2D eigenvalue weighted by Gasteiger charge is -2.37. The first kappa shape index (κ1) is 13.8. The second kappa shape index (κ2) is 6.53. The molecule has 2 aliphatic rings. The normalized spacial score (nSPS) is 28.2. The third kappa shape index (κ3) is 3.69. The van der Waals surface area contributed by atoms with Gasteiger partial charge in [0.25, 0.3) is 0 Å². The van der Waals surface area contributed by atoms with Crippen LogP contribution in [0.15, 0.2) is 0 Å². The second-order valence-electron chi connectivity index (χ2n) is 5.82. The summed E-state index contributed by atoms with van der Waals surface area (Å²) in [6.07, 6.45) is 7.71. The molecule has 2 N–H and O–H groups in total. The molecule has 0 radical (unpaired) electrons. The fourth-order valence-electron chi connectivity index (χ4n) is 3.29.